The third-order valence-corrected chi connectivity index (χ3v) is 4.04. The number of aromatic nitrogens is 2. The maximum atomic E-state index is 11.8. The van der Waals surface area contributed by atoms with Crippen molar-refractivity contribution in [2.45, 2.75) is 0 Å². The van der Waals surface area contributed by atoms with Crippen LogP contribution in [-0.2, 0) is 0 Å². The lowest BCUT2D eigenvalue weighted by Crippen LogP contribution is -2.12. The summed E-state index contributed by atoms with van der Waals surface area (Å²) in [7, 11) is 1.59. The Hall–Kier alpha value is -3.54. The molecule has 1 amide bonds. The Kier molecular flexibility index (Phi) is 3.50. The number of amides is 1. The van der Waals surface area contributed by atoms with Crippen LogP contribution in [0.3, 0.4) is 0 Å². The third kappa shape index (κ3) is 2.53. The zero-order chi connectivity index (χ0) is 17.4. The van der Waals surface area contributed by atoms with Crippen molar-refractivity contribution >= 4 is 16.8 Å². The van der Waals surface area contributed by atoms with Gasteiger partial charge in [0, 0.05) is 28.2 Å². The molecule has 0 bridgehead atoms. The molecule has 0 spiro atoms. The van der Waals surface area contributed by atoms with Gasteiger partial charge in [0.25, 0.3) is 5.91 Å². The molecule has 0 atom stereocenters. The van der Waals surface area contributed by atoms with E-state index < -0.39 is 5.91 Å². The molecule has 2 heterocycles. The van der Waals surface area contributed by atoms with Crippen LogP contribution in [0.5, 0.6) is 5.75 Å². The van der Waals surface area contributed by atoms with Crippen molar-refractivity contribution in [1.82, 2.24) is 9.97 Å². The van der Waals surface area contributed by atoms with Crippen LogP contribution < -0.4 is 10.5 Å². The van der Waals surface area contributed by atoms with E-state index in [1.54, 1.807) is 31.4 Å². The molecule has 0 fully saturated rings. The van der Waals surface area contributed by atoms with Crippen LogP contribution in [0.4, 0.5) is 0 Å². The van der Waals surface area contributed by atoms with Gasteiger partial charge in [0.2, 0.25) is 5.89 Å². The van der Waals surface area contributed by atoms with Crippen molar-refractivity contribution in [3.8, 4) is 28.5 Å². The summed E-state index contributed by atoms with van der Waals surface area (Å²) >= 11 is 0. The Morgan fingerprint density at radius 2 is 1.96 bits per heavy atom. The van der Waals surface area contributed by atoms with Gasteiger partial charge in [0.05, 0.1) is 7.11 Å². The van der Waals surface area contributed by atoms with E-state index >= 15 is 0 Å². The first-order valence-corrected chi connectivity index (χ1v) is 7.69. The predicted octanol–water partition coefficient (Wildman–Crippen LogP) is 3.60. The van der Waals surface area contributed by atoms with E-state index in [2.05, 4.69) is 9.97 Å². The standard InChI is InChI=1S/C19H15N3O3/c1-24-12-7-5-11(6-8-12)17-16(18(20)23)22-19(25-17)14-3-2-4-15-13(14)9-10-21-15/h2-10,21H,1H3,(H2,20,23). The first-order chi connectivity index (χ1) is 12.2. The molecule has 0 unspecified atom stereocenters. The second kappa shape index (κ2) is 5.83. The summed E-state index contributed by atoms with van der Waals surface area (Å²) in [4.78, 5) is 19.3. The van der Waals surface area contributed by atoms with Gasteiger partial charge in [-0.25, -0.2) is 4.98 Å². The largest absolute Gasteiger partial charge is 0.497 e. The molecule has 0 aliphatic heterocycles. The summed E-state index contributed by atoms with van der Waals surface area (Å²) in [5, 5.41) is 0.959. The molecule has 0 aliphatic carbocycles. The van der Waals surface area contributed by atoms with Gasteiger partial charge in [0.15, 0.2) is 11.5 Å². The van der Waals surface area contributed by atoms with E-state index in [-0.39, 0.29) is 5.69 Å². The normalized spacial score (nSPS) is 10.9. The minimum Gasteiger partial charge on any atom is -0.497 e. The van der Waals surface area contributed by atoms with Crippen LogP contribution in [0.15, 0.2) is 59.1 Å². The third-order valence-electron chi connectivity index (χ3n) is 4.04. The molecule has 25 heavy (non-hydrogen) atoms. The number of primary amides is 1. The number of fused-ring (bicyclic) bond motifs is 1. The van der Waals surface area contributed by atoms with Gasteiger partial charge >= 0.3 is 0 Å². The molecule has 4 aromatic rings. The molecule has 6 nitrogen and oxygen atoms in total. The molecule has 0 saturated heterocycles. The van der Waals surface area contributed by atoms with Crippen LogP contribution in [0, 0.1) is 0 Å². The lowest BCUT2D eigenvalue weighted by molar-refractivity contribution is 0.0996. The molecule has 0 aliphatic rings. The van der Waals surface area contributed by atoms with E-state index in [0.29, 0.717) is 23.0 Å². The fourth-order valence-corrected chi connectivity index (χ4v) is 2.81. The molecule has 2 aromatic heterocycles. The maximum absolute atomic E-state index is 11.8. The van der Waals surface area contributed by atoms with Gasteiger partial charge in [-0.3, -0.25) is 4.79 Å². The highest BCUT2D eigenvalue weighted by atomic mass is 16.5. The van der Waals surface area contributed by atoms with Gasteiger partial charge < -0.3 is 19.9 Å². The lowest BCUT2D eigenvalue weighted by atomic mass is 10.1. The molecule has 4 rings (SSSR count). The molecule has 124 valence electrons. The van der Waals surface area contributed by atoms with Crippen LogP contribution in [0.25, 0.3) is 33.7 Å². The minimum absolute atomic E-state index is 0.104. The van der Waals surface area contributed by atoms with Crippen molar-refractivity contribution < 1.29 is 13.9 Å². The number of carbonyl (C=O) groups is 1. The van der Waals surface area contributed by atoms with Crippen LogP contribution >= 0.6 is 0 Å². The quantitative estimate of drug-likeness (QED) is 0.596. The van der Waals surface area contributed by atoms with Crippen molar-refractivity contribution in [1.29, 1.82) is 0 Å². The van der Waals surface area contributed by atoms with Gasteiger partial charge in [-0.15, -0.1) is 0 Å². The van der Waals surface area contributed by atoms with Gasteiger partial charge in [-0.2, -0.15) is 0 Å². The second-order valence-corrected chi connectivity index (χ2v) is 5.53. The van der Waals surface area contributed by atoms with E-state index in [9.17, 15) is 4.79 Å². The highest BCUT2D eigenvalue weighted by Crippen LogP contribution is 2.33. The Morgan fingerprint density at radius 3 is 2.68 bits per heavy atom. The van der Waals surface area contributed by atoms with Crippen molar-refractivity contribution in [2.24, 2.45) is 5.73 Å². The molecule has 0 radical (unpaired) electrons. The van der Waals surface area contributed by atoms with Crippen LogP contribution in [0.1, 0.15) is 10.5 Å². The van der Waals surface area contributed by atoms with Crippen LogP contribution in [-0.4, -0.2) is 23.0 Å². The number of nitrogens with two attached hydrogens (primary N) is 1. The molecule has 3 N–H and O–H groups in total. The predicted molar refractivity (Wildman–Crippen MR) is 94.3 cm³/mol. The first-order valence-electron chi connectivity index (χ1n) is 7.69. The average Bonchev–Trinajstić information content (AvgIpc) is 3.28. The molecular formula is C19H15N3O3. The summed E-state index contributed by atoms with van der Waals surface area (Å²) in [5.41, 5.74) is 8.06. The fraction of sp³-hybridized carbons (Fsp3) is 0.0526. The average molecular weight is 333 g/mol. The molecule has 2 aromatic carbocycles. The summed E-state index contributed by atoms with van der Waals surface area (Å²) in [6.07, 6.45) is 1.84. The SMILES string of the molecule is COc1ccc(-c2oc(-c3cccc4[nH]ccc34)nc2C(N)=O)cc1. The molecular weight excluding hydrogens is 318 g/mol. The summed E-state index contributed by atoms with van der Waals surface area (Å²) in [5.74, 6) is 0.769. The zero-order valence-electron chi connectivity index (χ0n) is 13.4. The summed E-state index contributed by atoms with van der Waals surface area (Å²) in [6, 6.07) is 14.9. The van der Waals surface area contributed by atoms with Crippen molar-refractivity contribution in [2.75, 3.05) is 7.11 Å². The van der Waals surface area contributed by atoms with Crippen molar-refractivity contribution in [3.05, 3.63) is 60.4 Å². The smallest absolute Gasteiger partial charge is 0.271 e. The van der Waals surface area contributed by atoms with E-state index in [4.69, 9.17) is 14.9 Å². The highest BCUT2D eigenvalue weighted by Gasteiger charge is 2.21. The zero-order valence-corrected chi connectivity index (χ0v) is 13.4. The number of hydrogen-bond acceptors (Lipinski definition) is 4. The van der Waals surface area contributed by atoms with Gasteiger partial charge in [-0.1, -0.05) is 6.07 Å². The number of ether oxygens (including phenoxy) is 1. The Balaban J connectivity index is 1.88. The van der Waals surface area contributed by atoms with Crippen LogP contribution in [0.2, 0.25) is 0 Å². The lowest BCUT2D eigenvalue weighted by Gasteiger charge is -2.02. The monoisotopic (exact) mass is 333 g/mol. The summed E-state index contributed by atoms with van der Waals surface area (Å²) in [6.45, 7) is 0. The number of aromatic amines is 1. The second-order valence-electron chi connectivity index (χ2n) is 5.53. The first kappa shape index (κ1) is 15.0. The Bertz CT molecular complexity index is 1060. The van der Waals surface area contributed by atoms with Gasteiger partial charge in [0.1, 0.15) is 5.75 Å². The number of nitrogens with zero attached hydrogens (tertiary/aromatic N) is 1. The topological polar surface area (TPSA) is 94.1 Å². The minimum atomic E-state index is -0.637. The number of benzene rings is 2. The number of H-pyrrole nitrogens is 1. The Morgan fingerprint density at radius 1 is 1.16 bits per heavy atom. The Labute approximate surface area is 143 Å². The van der Waals surface area contributed by atoms with E-state index in [1.807, 2.05) is 30.5 Å². The maximum Gasteiger partial charge on any atom is 0.271 e. The number of hydrogen-bond donors (Lipinski definition) is 2. The highest BCUT2D eigenvalue weighted by molar-refractivity contribution is 5.99. The number of rotatable bonds is 4. The van der Waals surface area contributed by atoms with E-state index in [1.165, 1.54) is 0 Å². The summed E-state index contributed by atoms with van der Waals surface area (Å²) < 4.78 is 11.1. The molecule has 0 saturated carbocycles. The number of methoxy groups -OCH3 is 1. The van der Waals surface area contributed by atoms with E-state index in [0.717, 1.165) is 16.5 Å². The number of nitrogens with one attached hydrogen (secondary N) is 1. The molecule has 6 heteroatoms. The van der Waals surface area contributed by atoms with Gasteiger partial charge in [-0.05, 0) is 42.5 Å². The van der Waals surface area contributed by atoms with Crippen molar-refractivity contribution in [3.63, 3.8) is 0 Å². The fourth-order valence-electron chi connectivity index (χ4n) is 2.81. The number of carbonyl (C=O) groups excluding carboxylic acids is 1. The number of oxazole rings is 1.